The summed E-state index contributed by atoms with van der Waals surface area (Å²) in [6.07, 6.45) is 3.65. The molecule has 5 nitrogen and oxygen atoms in total. The maximum Gasteiger partial charge on any atom is 0.138 e. The van der Waals surface area contributed by atoms with Crippen LogP contribution in [0.2, 0.25) is 0 Å². The Morgan fingerprint density at radius 2 is 1.08 bits per heavy atom. The molecule has 0 N–H and O–H groups in total. The summed E-state index contributed by atoms with van der Waals surface area (Å²) < 4.78 is 2.17. The minimum Gasteiger partial charge on any atom is -0.292 e. The normalized spacial score (nSPS) is 11.2. The Kier molecular flexibility index (Phi) is 5.03. The third-order valence-corrected chi connectivity index (χ3v) is 6.55. The Hall–Kier alpha value is -5.16. The SMILES string of the molecule is c1ccc(-c2ccccc2-c2cccc(-c3cccc(-n4c5ccccc5c5ncccc54)n3)n2)nc1. The first-order valence-electron chi connectivity index (χ1n) is 12.2. The number of para-hydroxylation sites is 1. The van der Waals surface area contributed by atoms with Crippen molar-refractivity contribution in [1.82, 2.24) is 24.5 Å². The van der Waals surface area contributed by atoms with Gasteiger partial charge in [-0.25, -0.2) is 9.97 Å². The molecule has 7 aromatic rings. The monoisotopic (exact) mass is 475 g/mol. The van der Waals surface area contributed by atoms with Gasteiger partial charge in [0.2, 0.25) is 0 Å². The lowest BCUT2D eigenvalue weighted by molar-refractivity contribution is 1.08. The van der Waals surface area contributed by atoms with Crippen LogP contribution in [0.3, 0.4) is 0 Å². The first-order valence-corrected chi connectivity index (χ1v) is 12.2. The molecule has 174 valence electrons. The number of rotatable bonds is 4. The lowest BCUT2D eigenvalue weighted by Crippen LogP contribution is -1.99. The van der Waals surface area contributed by atoms with Gasteiger partial charge in [-0.05, 0) is 54.6 Å². The fourth-order valence-electron chi connectivity index (χ4n) is 4.90. The number of hydrogen-bond acceptors (Lipinski definition) is 4. The van der Waals surface area contributed by atoms with E-state index in [1.807, 2.05) is 97.3 Å². The van der Waals surface area contributed by atoms with Crippen LogP contribution in [-0.4, -0.2) is 24.5 Å². The zero-order chi connectivity index (χ0) is 24.6. The van der Waals surface area contributed by atoms with Gasteiger partial charge in [-0.2, -0.15) is 0 Å². The second-order valence-corrected chi connectivity index (χ2v) is 8.77. The lowest BCUT2D eigenvalue weighted by atomic mass is 10.0. The van der Waals surface area contributed by atoms with Crippen LogP contribution in [0.1, 0.15) is 0 Å². The summed E-state index contributed by atoms with van der Waals surface area (Å²) >= 11 is 0. The van der Waals surface area contributed by atoms with Crippen molar-refractivity contribution in [2.45, 2.75) is 0 Å². The van der Waals surface area contributed by atoms with Crippen molar-refractivity contribution in [3.05, 3.63) is 128 Å². The average molecular weight is 476 g/mol. The summed E-state index contributed by atoms with van der Waals surface area (Å²) in [4.78, 5) is 19.3. The predicted molar refractivity (Wildman–Crippen MR) is 148 cm³/mol. The van der Waals surface area contributed by atoms with Crippen LogP contribution < -0.4 is 0 Å². The molecule has 5 aromatic heterocycles. The number of pyridine rings is 4. The van der Waals surface area contributed by atoms with E-state index in [0.717, 1.165) is 61.7 Å². The van der Waals surface area contributed by atoms with Gasteiger partial charge in [-0.3, -0.25) is 14.5 Å². The molecule has 2 aromatic carbocycles. The molecule has 0 aliphatic rings. The fourth-order valence-corrected chi connectivity index (χ4v) is 4.90. The van der Waals surface area contributed by atoms with Gasteiger partial charge in [0.25, 0.3) is 0 Å². The fraction of sp³-hybridized carbons (Fsp3) is 0. The summed E-state index contributed by atoms with van der Waals surface area (Å²) in [5, 5.41) is 1.11. The molecule has 0 spiro atoms. The minimum absolute atomic E-state index is 0.810. The number of fused-ring (bicyclic) bond motifs is 3. The highest BCUT2D eigenvalue weighted by Crippen LogP contribution is 2.32. The molecule has 0 fully saturated rings. The molecule has 37 heavy (non-hydrogen) atoms. The van der Waals surface area contributed by atoms with E-state index in [1.165, 1.54) is 0 Å². The molecular formula is C32H21N5. The Morgan fingerprint density at radius 1 is 0.432 bits per heavy atom. The van der Waals surface area contributed by atoms with Crippen LogP contribution in [0.4, 0.5) is 0 Å². The smallest absolute Gasteiger partial charge is 0.138 e. The van der Waals surface area contributed by atoms with Crippen LogP contribution in [0.15, 0.2) is 128 Å². The maximum atomic E-state index is 5.06. The highest BCUT2D eigenvalue weighted by atomic mass is 15.1. The Labute approximate surface area is 213 Å². The van der Waals surface area contributed by atoms with Crippen molar-refractivity contribution < 1.29 is 0 Å². The highest BCUT2D eigenvalue weighted by Gasteiger charge is 2.15. The predicted octanol–water partition coefficient (Wildman–Crippen LogP) is 7.36. The Bertz CT molecular complexity index is 1840. The summed E-state index contributed by atoms with van der Waals surface area (Å²) in [6.45, 7) is 0. The van der Waals surface area contributed by atoms with Gasteiger partial charge in [0, 0.05) is 28.9 Å². The zero-order valence-corrected chi connectivity index (χ0v) is 19.9. The largest absolute Gasteiger partial charge is 0.292 e. The molecule has 0 radical (unpaired) electrons. The first kappa shape index (κ1) is 21.1. The molecule has 0 aliphatic heterocycles. The van der Waals surface area contributed by atoms with Crippen molar-refractivity contribution in [3.63, 3.8) is 0 Å². The molecule has 0 saturated carbocycles. The molecule has 0 unspecified atom stereocenters. The second-order valence-electron chi connectivity index (χ2n) is 8.77. The molecule has 5 heterocycles. The number of hydrogen-bond donors (Lipinski definition) is 0. The van der Waals surface area contributed by atoms with Gasteiger partial charge in [0.1, 0.15) is 5.82 Å². The number of nitrogens with zero attached hydrogens (tertiary/aromatic N) is 5. The Morgan fingerprint density at radius 3 is 1.95 bits per heavy atom. The maximum absolute atomic E-state index is 5.06. The van der Waals surface area contributed by atoms with E-state index >= 15 is 0 Å². The molecule has 5 heteroatoms. The highest BCUT2D eigenvalue weighted by molar-refractivity contribution is 6.06. The summed E-state index contributed by atoms with van der Waals surface area (Å²) in [5.74, 6) is 0.831. The molecular weight excluding hydrogens is 454 g/mol. The van der Waals surface area contributed by atoms with E-state index < -0.39 is 0 Å². The molecule has 0 amide bonds. The Balaban J connectivity index is 1.36. The third kappa shape index (κ3) is 3.65. The van der Waals surface area contributed by atoms with Gasteiger partial charge in [0.05, 0.1) is 39.3 Å². The molecule has 0 bridgehead atoms. The van der Waals surface area contributed by atoms with Crippen LogP contribution in [0.5, 0.6) is 0 Å². The van der Waals surface area contributed by atoms with E-state index in [-0.39, 0.29) is 0 Å². The van der Waals surface area contributed by atoms with Crippen LogP contribution in [0.25, 0.3) is 61.7 Å². The molecule has 0 aliphatic carbocycles. The molecule has 7 rings (SSSR count). The van der Waals surface area contributed by atoms with Gasteiger partial charge in [0.15, 0.2) is 0 Å². The van der Waals surface area contributed by atoms with Crippen LogP contribution in [-0.2, 0) is 0 Å². The zero-order valence-electron chi connectivity index (χ0n) is 19.9. The first-order chi connectivity index (χ1) is 18.4. The van der Waals surface area contributed by atoms with Gasteiger partial charge >= 0.3 is 0 Å². The number of benzene rings is 2. The lowest BCUT2D eigenvalue weighted by Gasteiger charge is -2.11. The third-order valence-electron chi connectivity index (χ3n) is 6.55. The van der Waals surface area contributed by atoms with Gasteiger partial charge < -0.3 is 0 Å². The quantitative estimate of drug-likeness (QED) is 0.267. The topological polar surface area (TPSA) is 56.5 Å². The van der Waals surface area contributed by atoms with Crippen molar-refractivity contribution in [1.29, 1.82) is 0 Å². The molecule has 0 saturated heterocycles. The van der Waals surface area contributed by atoms with E-state index in [0.29, 0.717) is 0 Å². The van der Waals surface area contributed by atoms with E-state index in [4.69, 9.17) is 9.97 Å². The van der Waals surface area contributed by atoms with Crippen molar-refractivity contribution in [3.8, 4) is 39.7 Å². The van der Waals surface area contributed by atoms with Gasteiger partial charge in [-0.15, -0.1) is 0 Å². The minimum atomic E-state index is 0.810. The van der Waals surface area contributed by atoms with Crippen LogP contribution >= 0.6 is 0 Å². The van der Waals surface area contributed by atoms with E-state index in [1.54, 1.807) is 0 Å². The summed E-state index contributed by atoms with van der Waals surface area (Å²) in [7, 11) is 0. The summed E-state index contributed by atoms with van der Waals surface area (Å²) in [5.41, 5.74) is 8.58. The van der Waals surface area contributed by atoms with Crippen LogP contribution in [0, 0.1) is 0 Å². The number of aromatic nitrogens is 5. The standard InChI is InChI=1S/C32H21N5/c1-2-11-23(22(10-1)25-13-5-6-20-33-25)26-14-7-15-27(35-26)28-16-8-19-31(36-28)37-29-17-4-3-12-24(29)32-30(37)18-9-21-34-32/h1-21H. The van der Waals surface area contributed by atoms with Gasteiger partial charge in [-0.1, -0.05) is 60.7 Å². The second kappa shape index (κ2) is 8.81. The van der Waals surface area contributed by atoms with Crippen molar-refractivity contribution >= 4 is 21.9 Å². The van der Waals surface area contributed by atoms with E-state index in [9.17, 15) is 0 Å². The molecule has 0 atom stereocenters. The summed E-state index contributed by atoms with van der Waals surface area (Å²) in [6, 6.07) is 38.7. The van der Waals surface area contributed by atoms with E-state index in [2.05, 4.69) is 44.9 Å². The average Bonchev–Trinajstić information content (AvgIpc) is 3.32. The van der Waals surface area contributed by atoms with Crippen molar-refractivity contribution in [2.24, 2.45) is 0 Å². The van der Waals surface area contributed by atoms with Crippen molar-refractivity contribution in [2.75, 3.05) is 0 Å².